The molecule has 1 aromatic carbocycles. The van der Waals surface area contributed by atoms with Crippen LogP contribution in [0.1, 0.15) is 35.0 Å². The fourth-order valence-electron chi connectivity index (χ4n) is 3.59. The fourth-order valence-corrected chi connectivity index (χ4v) is 3.59. The van der Waals surface area contributed by atoms with Gasteiger partial charge in [0.2, 0.25) is 0 Å². The molecule has 0 aliphatic rings. The molecule has 29 heavy (non-hydrogen) atoms. The number of rotatable bonds is 5. The highest BCUT2D eigenvalue weighted by atomic mass is 16.2. The Morgan fingerprint density at radius 3 is 2.69 bits per heavy atom. The highest BCUT2D eigenvalue weighted by molar-refractivity contribution is 5.98. The molecule has 6 heteroatoms. The molecule has 6 nitrogen and oxygen atoms in total. The first-order chi connectivity index (χ1) is 13.9. The minimum Gasteiger partial charge on any atom is -0.348 e. The maximum Gasteiger partial charge on any atom is 0.268 e. The van der Waals surface area contributed by atoms with Crippen molar-refractivity contribution >= 4 is 22.6 Å². The highest BCUT2D eigenvalue weighted by Gasteiger charge is 2.19. The maximum absolute atomic E-state index is 12.9. The normalized spacial score (nSPS) is 12.4. The van der Waals surface area contributed by atoms with Crippen molar-refractivity contribution in [2.24, 2.45) is 7.05 Å². The smallest absolute Gasteiger partial charge is 0.268 e. The first-order valence-corrected chi connectivity index (χ1v) is 9.77. The Labute approximate surface area is 168 Å². The summed E-state index contributed by atoms with van der Waals surface area (Å²) in [4.78, 5) is 30.3. The van der Waals surface area contributed by atoms with Crippen LogP contribution in [0.5, 0.6) is 0 Å². The number of pyridine rings is 1. The zero-order valence-electron chi connectivity index (χ0n) is 16.8. The Balaban J connectivity index is 1.59. The molecular weight excluding hydrogens is 364 g/mol. The third-order valence-electron chi connectivity index (χ3n) is 5.26. The van der Waals surface area contributed by atoms with Gasteiger partial charge in [0.15, 0.2) is 0 Å². The predicted octanol–water partition coefficient (Wildman–Crippen LogP) is 3.25. The summed E-state index contributed by atoms with van der Waals surface area (Å²) in [6.45, 7) is 3.92. The van der Waals surface area contributed by atoms with Gasteiger partial charge in [-0.3, -0.25) is 14.0 Å². The van der Waals surface area contributed by atoms with Crippen molar-refractivity contribution in [3.63, 3.8) is 0 Å². The van der Waals surface area contributed by atoms with Gasteiger partial charge in [-0.2, -0.15) is 0 Å². The van der Waals surface area contributed by atoms with Crippen LogP contribution in [0.2, 0.25) is 0 Å². The molecule has 1 N–H and O–H groups in total. The fraction of sp³-hybridized carbons (Fsp3) is 0.261. The van der Waals surface area contributed by atoms with Crippen LogP contribution in [0.3, 0.4) is 0 Å². The number of hydrogen-bond donors (Lipinski definition) is 1. The predicted molar refractivity (Wildman–Crippen MR) is 114 cm³/mol. The van der Waals surface area contributed by atoms with Gasteiger partial charge in [-0.25, -0.2) is 4.98 Å². The number of carbonyl (C=O) groups excluding carboxylic acids is 1. The molecule has 0 unspecified atom stereocenters. The van der Waals surface area contributed by atoms with E-state index in [2.05, 4.69) is 22.4 Å². The Morgan fingerprint density at radius 2 is 1.93 bits per heavy atom. The van der Waals surface area contributed by atoms with Crippen molar-refractivity contribution in [1.82, 2.24) is 19.3 Å². The standard InChI is InChI=1S/C23H24N4O2/c1-15-9-12-20-25-21-18(23(29)27(20)14-15)13-19(26(21)3)22(28)24-16(2)10-11-17-7-5-4-6-8-17/h4-9,12-14,16H,10-11H2,1-3H3,(H,24,28)/t16-/m1/s1. The van der Waals surface area contributed by atoms with Crippen LogP contribution >= 0.6 is 0 Å². The minimum absolute atomic E-state index is 0.0106. The lowest BCUT2D eigenvalue weighted by Gasteiger charge is -2.14. The van der Waals surface area contributed by atoms with Gasteiger partial charge in [-0.15, -0.1) is 0 Å². The van der Waals surface area contributed by atoms with Crippen LogP contribution in [0, 0.1) is 6.92 Å². The second-order valence-corrected chi connectivity index (χ2v) is 7.58. The number of fused-ring (bicyclic) bond motifs is 2. The molecule has 1 amide bonds. The van der Waals surface area contributed by atoms with Gasteiger partial charge >= 0.3 is 0 Å². The summed E-state index contributed by atoms with van der Waals surface area (Å²) >= 11 is 0. The number of nitrogens with zero attached hydrogens (tertiary/aromatic N) is 3. The first-order valence-electron chi connectivity index (χ1n) is 9.77. The molecule has 3 aromatic heterocycles. The number of hydrogen-bond acceptors (Lipinski definition) is 3. The van der Waals surface area contributed by atoms with Crippen LogP contribution in [0.4, 0.5) is 0 Å². The van der Waals surface area contributed by atoms with Crippen molar-refractivity contribution in [2.75, 3.05) is 0 Å². The topological polar surface area (TPSA) is 68.4 Å². The first kappa shape index (κ1) is 18.9. The Kier molecular flexibility index (Phi) is 4.92. The van der Waals surface area contributed by atoms with Gasteiger partial charge in [0.1, 0.15) is 17.0 Å². The van der Waals surface area contributed by atoms with E-state index < -0.39 is 0 Å². The van der Waals surface area contributed by atoms with Gasteiger partial charge in [0, 0.05) is 19.3 Å². The Morgan fingerprint density at radius 1 is 1.17 bits per heavy atom. The summed E-state index contributed by atoms with van der Waals surface area (Å²) in [7, 11) is 1.77. The van der Waals surface area contributed by atoms with Crippen molar-refractivity contribution in [3.05, 3.63) is 81.9 Å². The summed E-state index contributed by atoms with van der Waals surface area (Å²) in [6.07, 6.45) is 3.50. The van der Waals surface area contributed by atoms with Crippen molar-refractivity contribution in [3.8, 4) is 0 Å². The molecule has 148 valence electrons. The lowest BCUT2D eigenvalue weighted by atomic mass is 10.1. The van der Waals surface area contributed by atoms with E-state index >= 15 is 0 Å². The third-order valence-corrected chi connectivity index (χ3v) is 5.26. The van der Waals surface area contributed by atoms with E-state index in [-0.39, 0.29) is 17.5 Å². The molecule has 0 fully saturated rings. The van der Waals surface area contributed by atoms with Gasteiger partial charge in [-0.05, 0) is 49.9 Å². The number of carbonyl (C=O) groups is 1. The summed E-state index contributed by atoms with van der Waals surface area (Å²) in [5.41, 5.74) is 3.57. The molecular formula is C23H24N4O2. The van der Waals surface area contributed by atoms with Gasteiger partial charge in [-0.1, -0.05) is 36.4 Å². The summed E-state index contributed by atoms with van der Waals surface area (Å²) in [5.74, 6) is -0.198. The molecule has 1 atom stereocenters. The van der Waals surface area contributed by atoms with Crippen LogP contribution in [0.25, 0.3) is 16.7 Å². The van der Waals surface area contributed by atoms with E-state index in [1.807, 2.05) is 44.2 Å². The van der Waals surface area contributed by atoms with Crippen molar-refractivity contribution in [2.45, 2.75) is 32.7 Å². The second kappa shape index (κ2) is 7.54. The van der Waals surface area contributed by atoms with Gasteiger partial charge < -0.3 is 9.88 Å². The Hall–Kier alpha value is -3.41. The van der Waals surface area contributed by atoms with Gasteiger partial charge in [0.25, 0.3) is 11.5 Å². The summed E-state index contributed by atoms with van der Waals surface area (Å²) in [6, 6.07) is 15.6. The van der Waals surface area contributed by atoms with E-state index in [0.29, 0.717) is 22.4 Å². The number of aromatic nitrogens is 3. The van der Waals surface area contributed by atoms with E-state index in [0.717, 1.165) is 18.4 Å². The summed E-state index contributed by atoms with van der Waals surface area (Å²) < 4.78 is 3.22. The molecule has 4 aromatic rings. The molecule has 4 rings (SSSR count). The van der Waals surface area contributed by atoms with Crippen molar-refractivity contribution in [1.29, 1.82) is 0 Å². The van der Waals surface area contributed by atoms with Gasteiger partial charge in [0.05, 0.1) is 5.39 Å². The molecule has 0 saturated carbocycles. The zero-order chi connectivity index (χ0) is 20.5. The molecule has 0 aliphatic heterocycles. The minimum atomic E-state index is -0.198. The average Bonchev–Trinajstić information content (AvgIpc) is 3.05. The molecule has 0 radical (unpaired) electrons. The second-order valence-electron chi connectivity index (χ2n) is 7.58. The van der Waals surface area contributed by atoms with E-state index in [9.17, 15) is 9.59 Å². The zero-order valence-corrected chi connectivity index (χ0v) is 16.8. The van der Waals surface area contributed by atoms with Crippen LogP contribution in [0.15, 0.2) is 59.5 Å². The Bertz CT molecular complexity index is 1250. The quantitative estimate of drug-likeness (QED) is 0.571. The highest BCUT2D eigenvalue weighted by Crippen LogP contribution is 2.16. The maximum atomic E-state index is 12.9. The molecule has 0 spiro atoms. The summed E-state index contributed by atoms with van der Waals surface area (Å²) in [5, 5.41) is 3.48. The van der Waals surface area contributed by atoms with Crippen molar-refractivity contribution < 1.29 is 4.79 Å². The van der Waals surface area contributed by atoms with E-state index in [1.165, 1.54) is 9.96 Å². The van der Waals surface area contributed by atoms with Crippen LogP contribution < -0.4 is 10.9 Å². The third kappa shape index (κ3) is 3.66. The number of nitrogens with one attached hydrogen (secondary N) is 1. The molecule has 0 bridgehead atoms. The van der Waals surface area contributed by atoms with Crippen LogP contribution in [-0.4, -0.2) is 25.9 Å². The SMILES string of the molecule is Cc1ccc2nc3c(cc(C(=O)N[C@H](C)CCc4ccccc4)n3C)c(=O)n2c1. The van der Waals surface area contributed by atoms with E-state index in [1.54, 1.807) is 23.9 Å². The number of aryl methyl sites for hydroxylation is 3. The lowest BCUT2D eigenvalue weighted by Crippen LogP contribution is -2.34. The largest absolute Gasteiger partial charge is 0.348 e. The molecule has 0 aliphatic carbocycles. The monoisotopic (exact) mass is 388 g/mol. The lowest BCUT2D eigenvalue weighted by molar-refractivity contribution is 0.0930. The number of benzene rings is 1. The van der Waals surface area contributed by atoms with Crippen LogP contribution in [-0.2, 0) is 13.5 Å². The molecule has 0 saturated heterocycles. The molecule has 3 heterocycles. The van der Waals surface area contributed by atoms with E-state index in [4.69, 9.17) is 0 Å². The number of amides is 1. The average molecular weight is 388 g/mol.